The fourth-order valence-corrected chi connectivity index (χ4v) is 3.55. The molecule has 2 aromatic carbocycles. The molecule has 0 radical (unpaired) electrons. The third-order valence-electron chi connectivity index (χ3n) is 4.31. The van der Waals surface area contributed by atoms with Crippen molar-refractivity contribution in [1.29, 1.82) is 0 Å². The van der Waals surface area contributed by atoms with Crippen LogP contribution in [0.1, 0.15) is 11.1 Å². The van der Waals surface area contributed by atoms with E-state index in [0.717, 1.165) is 22.3 Å². The van der Waals surface area contributed by atoms with Crippen LogP contribution in [0.4, 0.5) is 0 Å². The van der Waals surface area contributed by atoms with E-state index in [0.29, 0.717) is 28.0 Å². The highest BCUT2D eigenvalue weighted by Crippen LogP contribution is 2.31. The van der Waals surface area contributed by atoms with E-state index in [2.05, 4.69) is 10.2 Å². The van der Waals surface area contributed by atoms with Gasteiger partial charge in [-0.05, 0) is 48.9 Å². The van der Waals surface area contributed by atoms with Crippen molar-refractivity contribution < 1.29 is 18.7 Å². The number of phenolic OH excluding ortho intramolecular Hbond substituents is 1. The third-order valence-corrected chi connectivity index (χ3v) is 5.18. The molecular formula is C20H16N2O5S. The maximum absolute atomic E-state index is 11.9. The van der Waals surface area contributed by atoms with E-state index in [1.54, 1.807) is 26.2 Å². The van der Waals surface area contributed by atoms with E-state index >= 15 is 0 Å². The van der Waals surface area contributed by atoms with Crippen LogP contribution in [-0.4, -0.2) is 22.4 Å². The first-order valence-electron chi connectivity index (χ1n) is 8.41. The number of ether oxygens (including phenoxy) is 1. The van der Waals surface area contributed by atoms with Gasteiger partial charge in [-0.15, -0.1) is 10.2 Å². The van der Waals surface area contributed by atoms with Crippen LogP contribution in [0.2, 0.25) is 0 Å². The fraction of sp³-hybridized carbons (Fsp3) is 0.150. The predicted molar refractivity (Wildman–Crippen MR) is 105 cm³/mol. The van der Waals surface area contributed by atoms with Crippen molar-refractivity contribution in [3.63, 3.8) is 0 Å². The monoisotopic (exact) mass is 396 g/mol. The summed E-state index contributed by atoms with van der Waals surface area (Å²) >= 11 is 1.32. The summed E-state index contributed by atoms with van der Waals surface area (Å²) in [7, 11) is 1.60. The topological polar surface area (TPSA) is 98.6 Å². The van der Waals surface area contributed by atoms with Crippen LogP contribution in [0.5, 0.6) is 11.5 Å². The molecule has 0 bridgehead atoms. The van der Waals surface area contributed by atoms with Gasteiger partial charge in [0.15, 0.2) is 0 Å². The Morgan fingerprint density at radius 3 is 2.64 bits per heavy atom. The Morgan fingerprint density at radius 2 is 1.89 bits per heavy atom. The number of hydrogen-bond acceptors (Lipinski definition) is 8. The van der Waals surface area contributed by atoms with Crippen LogP contribution in [0.15, 0.2) is 61.3 Å². The first-order chi connectivity index (χ1) is 13.5. The van der Waals surface area contributed by atoms with Crippen molar-refractivity contribution in [2.75, 3.05) is 7.11 Å². The zero-order chi connectivity index (χ0) is 19.7. The van der Waals surface area contributed by atoms with Gasteiger partial charge in [-0.1, -0.05) is 11.8 Å². The molecular weight excluding hydrogens is 380 g/mol. The Hall–Kier alpha value is -3.26. The molecule has 4 rings (SSSR count). The molecule has 8 heteroatoms. The average molecular weight is 396 g/mol. The van der Waals surface area contributed by atoms with E-state index in [4.69, 9.17) is 13.6 Å². The number of methoxy groups -OCH3 is 1. The van der Waals surface area contributed by atoms with Crippen molar-refractivity contribution in [2.24, 2.45) is 0 Å². The smallest absolute Gasteiger partial charge is 0.336 e. The first-order valence-corrected chi connectivity index (χ1v) is 9.40. The van der Waals surface area contributed by atoms with Gasteiger partial charge in [-0.3, -0.25) is 0 Å². The summed E-state index contributed by atoms with van der Waals surface area (Å²) in [5, 5.41) is 19.1. The molecule has 1 N–H and O–H groups in total. The number of phenols is 1. The number of benzene rings is 2. The van der Waals surface area contributed by atoms with Crippen LogP contribution in [0, 0.1) is 6.92 Å². The van der Waals surface area contributed by atoms with Crippen molar-refractivity contribution >= 4 is 22.7 Å². The molecule has 0 amide bonds. The Bertz CT molecular complexity index is 1200. The predicted octanol–water partition coefficient (Wildman–Crippen LogP) is 4.16. The van der Waals surface area contributed by atoms with Crippen LogP contribution in [-0.2, 0) is 5.75 Å². The number of fused-ring (bicyclic) bond motifs is 1. The number of aromatic hydroxyl groups is 1. The van der Waals surface area contributed by atoms with Gasteiger partial charge in [0.25, 0.3) is 5.22 Å². The molecule has 0 aliphatic heterocycles. The number of aryl methyl sites for hydroxylation is 1. The van der Waals surface area contributed by atoms with Gasteiger partial charge in [0.1, 0.15) is 17.1 Å². The van der Waals surface area contributed by atoms with Gasteiger partial charge in [0.05, 0.1) is 7.11 Å². The maximum atomic E-state index is 11.9. The molecule has 0 saturated heterocycles. The molecule has 4 aromatic rings. The third kappa shape index (κ3) is 3.46. The standard InChI is InChI=1S/C20H16N2O5S/c1-11-16(23)8-7-15-13(9-17(24)26-18(11)15)10-28-20-22-21-19(27-20)12-3-5-14(25-2)6-4-12/h3-9,23H,10H2,1-2H3. The second-order valence-corrected chi connectivity index (χ2v) is 6.99. The summed E-state index contributed by atoms with van der Waals surface area (Å²) in [6.07, 6.45) is 0. The fourth-order valence-electron chi connectivity index (χ4n) is 2.79. The van der Waals surface area contributed by atoms with Crippen LogP contribution in [0.3, 0.4) is 0 Å². The van der Waals surface area contributed by atoms with Crippen molar-refractivity contribution in [3.05, 3.63) is 64.0 Å². The maximum Gasteiger partial charge on any atom is 0.336 e. The molecule has 0 saturated carbocycles. The lowest BCUT2D eigenvalue weighted by atomic mass is 10.1. The van der Waals surface area contributed by atoms with E-state index < -0.39 is 5.63 Å². The van der Waals surface area contributed by atoms with E-state index in [1.807, 2.05) is 24.3 Å². The van der Waals surface area contributed by atoms with Crippen LogP contribution in [0.25, 0.3) is 22.4 Å². The molecule has 142 valence electrons. The molecule has 28 heavy (non-hydrogen) atoms. The van der Waals surface area contributed by atoms with E-state index in [-0.39, 0.29) is 5.75 Å². The van der Waals surface area contributed by atoms with Crippen molar-refractivity contribution in [2.45, 2.75) is 17.9 Å². The zero-order valence-electron chi connectivity index (χ0n) is 15.1. The molecule has 0 aliphatic carbocycles. The number of aromatic nitrogens is 2. The molecule has 2 heterocycles. The lowest BCUT2D eigenvalue weighted by molar-refractivity contribution is 0.414. The number of nitrogens with zero attached hydrogens (tertiary/aromatic N) is 2. The second kappa shape index (κ2) is 7.40. The van der Waals surface area contributed by atoms with Crippen molar-refractivity contribution in [3.8, 4) is 23.0 Å². The lowest BCUT2D eigenvalue weighted by Crippen LogP contribution is -2.01. The molecule has 7 nitrogen and oxygen atoms in total. The molecule has 0 spiro atoms. The van der Waals surface area contributed by atoms with E-state index in [1.165, 1.54) is 17.8 Å². The van der Waals surface area contributed by atoms with Gasteiger partial charge < -0.3 is 18.7 Å². The summed E-state index contributed by atoms with van der Waals surface area (Å²) in [5.74, 6) is 1.68. The Morgan fingerprint density at radius 1 is 1.11 bits per heavy atom. The van der Waals surface area contributed by atoms with Gasteiger partial charge in [-0.2, -0.15) is 0 Å². The Kier molecular flexibility index (Phi) is 4.79. The highest BCUT2D eigenvalue weighted by molar-refractivity contribution is 7.98. The lowest BCUT2D eigenvalue weighted by Gasteiger charge is -2.07. The molecule has 0 unspecified atom stereocenters. The summed E-state index contributed by atoms with van der Waals surface area (Å²) in [4.78, 5) is 11.9. The molecule has 0 fully saturated rings. The first kappa shape index (κ1) is 18.1. The molecule has 0 aliphatic rings. The van der Waals surface area contributed by atoms with E-state index in [9.17, 15) is 9.90 Å². The number of thioether (sulfide) groups is 1. The SMILES string of the molecule is COc1ccc(-c2nnc(SCc3cc(=O)oc4c(C)c(O)ccc34)o2)cc1. The van der Waals surface area contributed by atoms with Crippen LogP contribution >= 0.6 is 11.8 Å². The van der Waals surface area contributed by atoms with Gasteiger partial charge >= 0.3 is 5.63 Å². The number of rotatable bonds is 5. The van der Waals surface area contributed by atoms with Crippen LogP contribution < -0.4 is 10.4 Å². The normalized spacial score (nSPS) is 11.1. The largest absolute Gasteiger partial charge is 0.508 e. The zero-order valence-corrected chi connectivity index (χ0v) is 15.9. The summed E-state index contributed by atoms with van der Waals surface area (Å²) in [6.45, 7) is 1.71. The highest BCUT2D eigenvalue weighted by atomic mass is 32.2. The van der Waals surface area contributed by atoms with Gasteiger partial charge in [0, 0.05) is 28.3 Å². The minimum atomic E-state index is -0.471. The quantitative estimate of drug-likeness (QED) is 0.397. The average Bonchev–Trinajstić information content (AvgIpc) is 3.18. The Labute approximate surface area is 164 Å². The van der Waals surface area contributed by atoms with Crippen molar-refractivity contribution in [1.82, 2.24) is 10.2 Å². The summed E-state index contributed by atoms with van der Waals surface area (Å²) < 4.78 is 16.1. The molecule has 2 aromatic heterocycles. The minimum Gasteiger partial charge on any atom is -0.508 e. The van der Waals surface area contributed by atoms with Gasteiger partial charge in [0.2, 0.25) is 5.89 Å². The Balaban J connectivity index is 1.58. The summed E-state index contributed by atoms with van der Waals surface area (Å²) in [6, 6.07) is 12.1. The summed E-state index contributed by atoms with van der Waals surface area (Å²) in [5.41, 5.74) is 2.00. The van der Waals surface area contributed by atoms with Gasteiger partial charge in [-0.25, -0.2) is 4.79 Å². The second-order valence-electron chi connectivity index (χ2n) is 6.07. The minimum absolute atomic E-state index is 0.0847. The highest BCUT2D eigenvalue weighted by Gasteiger charge is 2.14. The molecule has 0 atom stereocenters. The number of hydrogen-bond donors (Lipinski definition) is 1.